The lowest BCUT2D eigenvalue weighted by Crippen LogP contribution is -2.60. The Labute approximate surface area is 367 Å². The van der Waals surface area contributed by atoms with E-state index in [1.807, 2.05) is 0 Å². The average molecular weight is 860 g/mol. The molecule has 8 N–H and O–H groups in total. The van der Waals surface area contributed by atoms with E-state index < -0.39 is 74.2 Å². The number of aliphatic hydroxyl groups is 7. The molecule has 1 heterocycles. The van der Waals surface area contributed by atoms with Crippen molar-refractivity contribution in [2.45, 2.75) is 288 Å². The maximum Gasteiger partial charge on any atom is 0.249 e. The summed E-state index contributed by atoms with van der Waals surface area (Å²) < 4.78 is 11.1. The molecular formula is C49H97NO10. The van der Waals surface area contributed by atoms with E-state index in [-0.39, 0.29) is 6.42 Å². The third kappa shape index (κ3) is 28.0. The van der Waals surface area contributed by atoms with Crippen molar-refractivity contribution < 1.29 is 50.0 Å². The van der Waals surface area contributed by atoms with Gasteiger partial charge in [-0.3, -0.25) is 4.79 Å². The van der Waals surface area contributed by atoms with Crippen molar-refractivity contribution in [1.82, 2.24) is 5.32 Å². The quantitative estimate of drug-likeness (QED) is 0.0275. The van der Waals surface area contributed by atoms with Crippen molar-refractivity contribution in [2.75, 3.05) is 13.2 Å². The van der Waals surface area contributed by atoms with Crippen LogP contribution in [0.3, 0.4) is 0 Å². The van der Waals surface area contributed by atoms with Crippen LogP contribution in [0.1, 0.15) is 233 Å². The molecule has 1 saturated heterocycles. The first-order valence-electron chi connectivity index (χ1n) is 25.3. The fourth-order valence-electron chi connectivity index (χ4n) is 8.36. The predicted octanol–water partition coefficient (Wildman–Crippen LogP) is 8.92. The highest BCUT2D eigenvalue weighted by atomic mass is 16.7. The maximum absolute atomic E-state index is 13.1. The average Bonchev–Trinajstić information content (AvgIpc) is 3.25. The van der Waals surface area contributed by atoms with Crippen LogP contribution in [0.4, 0.5) is 0 Å². The zero-order chi connectivity index (χ0) is 44.2. The van der Waals surface area contributed by atoms with Crippen molar-refractivity contribution >= 4 is 5.91 Å². The first-order valence-corrected chi connectivity index (χ1v) is 25.3. The fourth-order valence-corrected chi connectivity index (χ4v) is 8.36. The first-order chi connectivity index (χ1) is 29.1. The van der Waals surface area contributed by atoms with E-state index in [9.17, 15) is 40.5 Å². The highest BCUT2D eigenvalue weighted by Gasteiger charge is 2.44. The number of hydrogen-bond donors (Lipinski definition) is 8. The summed E-state index contributed by atoms with van der Waals surface area (Å²) in [4.78, 5) is 13.1. The lowest BCUT2D eigenvalue weighted by molar-refractivity contribution is -0.303. The summed E-state index contributed by atoms with van der Waals surface area (Å²) in [5.41, 5.74) is 0. The molecule has 11 heteroatoms. The molecule has 0 aliphatic carbocycles. The molecule has 0 aromatic carbocycles. The molecular weight excluding hydrogens is 763 g/mol. The Kier molecular flexibility index (Phi) is 36.7. The van der Waals surface area contributed by atoms with Gasteiger partial charge in [0.2, 0.25) is 5.91 Å². The summed E-state index contributed by atoms with van der Waals surface area (Å²) in [6.07, 6.45) is 27.2. The van der Waals surface area contributed by atoms with Gasteiger partial charge in [-0.1, -0.05) is 220 Å². The van der Waals surface area contributed by atoms with Crippen molar-refractivity contribution in [2.24, 2.45) is 5.92 Å². The largest absolute Gasteiger partial charge is 0.394 e. The zero-order valence-electron chi connectivity index (χ0n) is 38.9. The monoisotopic (exact) mass is 860 g/mol. The van der Waals surface area contributed by atoms with Crippen molar-refractivity contribution in [3.05, 3.63) is 0 Å². The van der Waals surface area contributed by atoms with E-state index in [0.29, 0.717) is 19.3 Å². The Morgan fingerprint density at radius 2 is 0.967 bits per heavy atom. The van der Waals surface area contributed by atoms with Gasteiger partial charge in [0.1, 0.15) is 36.6 Å². The van der Waals surface area contributed by atoms with E-state index in [4.69, 9.17) is 9.47 Å². The van der Waals surface area contributed by atoms with Gasteiger partial charge in [0.05, 0.1) is 25.4 Å². The molecule has 60 heavy (non-hydrogen) atoms. The Balaban J connectivity index is 2.39. The van der Waals surface area contributed by atoms with Gasteiger partial charge in [-0.25, -0.2) is 0 Å². The van der Waals surface area contributed by atoms with Crippen LogP contribution in [-0.4, -0.2) is 110 Å². The second-order valence-electron chi connectivity index (χ2n) is 18.5. The standard InChI is InChI=1S/C49H97NO10/c1-4-6-7-8-9-10-11-12-13-14-15-16-17-18-19-24-27-30-33-36-42(53)48(58)50-40(38-59-49-47(57)46(56)45(55)43(37-51)60-49)44(54)41(52)35-32-29-26-23-21-20-22-25-28-31-34-39(3)5-2/h39-47,49,51-57H,4-38H2,1-3H3,(H,50,58)/t39?,40-,41+,42+,43+,44-,45+,46-,47+,49+/m0/s1. The third-order valence-corrected chi connectivity index (χ3v) is 13.0. The van der Waals surface area contributed by atoms with E-state index in [0.717, 1.165) is 44.4 Å². The minimum absolute atomic E-state index is 0.266. The highest BCUT2D eigenvalue weighted by Crippen LogP contribution is 2.23. The summed E-state index contributed by atoms with van der Waals surface area (Å²) in [6, 6.07) is -1.16. The number of hydrogen-bond acceptors (Lipinski definition) is 10. The second-order valence-corrected chi connectivity index (χ2v) is 18.5. The van der Waals surface area contributed by atoms with E-state index in [2.05, 4.69) is 26.1 Å². The molecule has 0 aromatic rings. The van der Waals surface area contributed by atoms with Crippen molar-refractivity contribution in [1.29, 1.82) is 0 Å². The summed E-state index contributed by atoms with van der Waals surface area (Å²) in [5, 5.41) is 75.8. The van der Waals surface area contributed by atoms with Gasteiger partial charge in [-0.15, -0.1) is 0 Å². The Bertz CT molecular complexity index is 959. The molecule has 0 radical (unpaired) electrons. The van der Waals surface area contributed by atoms with Crippen LogP contribution in [0, 0.1) is 5.92 Å². The minimum atomic E-state index is -1.66. The lowest BCUT2D eigenvalue weighted by Gasteiger charge is -2.40. The van der Waals surface area contributed by atoms with Crippen molar-refractivity contribution in [3.8, 4) is 0 Å². The number of amides is 1. The molecule has 1 aliphatic heterocycles. The molecule has 10 atom stereocenters. The van der Waals surface area contributed by atoms with Gasteiger partial charge in [-0.2, -0.15) is 0 Å². The van der Waals surface area contributed by atoms with E-state index in [1.54, 1.807) is 0 Å². The van der Waals surface area contributed by atoms with Crippen molar-refractivity contribution in [3.63, 3.8) is 0 Å². The molecule has 1 unspecified atom stereocenters. The van der Waals surface area contributed by atoms with Gasteiger partial charge in [-0.05, 0) is 18.8 Å². The van der Waals surface area contributed by atoms with Crippen LogP contribution in [0.5, 0.6) is 0 Å². The smallest absolute Gasteiger partial charge is 0.249 e. The summed E-state index contributed by atoms with van der Waals surface area (Å²) >= 11 is 0. The molecule has 1 rings (SSSR count). The van der Waals surface area contributed by atoms with Gasteiger partial charge < -0.3 is 50.5 Å². The number of carbonyl (C=O) groups is 1. The predicted molar refractivity (Wildman–Crippen MR) is 243 cm³/mol. The number of nitrogens with one attached hydrogen (secondary N) is 1. The number of unbranched alkanes of at least 4 members (excludes halogenated alkanes) is 27. The number of ether oxygens (including phenoxy) is 2. The van der Waals surface area contributed by atoms with Gasteiger partial charge >= 0.3 is 0 Å². The van der Waals surface area contributed by atoms with Crippen LogP contribution >= 0.6 is 0 Å². The van der Waals surface area contributed by atoms with Crippen LogP contribution in [-0.2, 0) is 14.3 Å². The van der Waals surface area contributed by atoms with E-state index in [1.165, 1.54) is 148 Å². The fraction of sp³-hybridized carbons (Fsp3) is 0.980. The van der Waals surface area contributed by atoms with Crippen LogP contribution in [0.25, 0.3) is 0 Å². The Hall–Kier alpha value is -0.890. The maximum atomic E-state index is 13.1. The Morgan fingerprint density at radius 1 is 0.567 bits per heavy atom. The molecule has 0 spiro atoms. The van der Waals surface area contributed by atoms with Gasteiger partial charge in [0.15, 0.2) is 6.29 Å². The normalized spacial score (nSPS) is 22.1. The van der Waals surface area contributed by atoms with Gasteiger partial charge in [0, 0.05) is 0 Å². The van der Waals surface area contributed by atoms with Crippen LogP contribution < -0.4 is 5.32 Å². The lowest BCUT2D eigenvalue weighted by atomic mass is 9.98. The summed E-state index contributed by atoms with van der Waals surface area (Å²) in [7, 11) is 0. The molecule has 1 amide bonds. The minimum Gasteiger partial charge on any atom is -0.394 e. The summed E-state index contributed by atoms with van der Waals surface area (Å²) in [5.74, 6) is 0.136. The Morgan fingerprint density at radius 3 is 1.38 bits per heavy atom. The molecule has 0 aromatic heterocycles. The molecule has 11 nitrogen and oxygen atoms in total. The van der Waals surface area contributed by atoms with E-state index >= 15 is 0 Å². The van der Waals surface area contributed by atoms with Crippen LogP contribution in [0.15, 0.2) is 0 Å². The molecule has 0 bridgehead atoms. The molecule has 1 aliphatic rings. The van der Waals surface area contributed by atoms with Crippen LogP contribution in [0.2, 0.25) is 0 Å². The highest BCUT2D eigenvalue weighted by molar-refractivity contribution is 5.80. The molecule has 1 fully saturated rings. The first kappa shape index (κ1) is 57.1. The number of carbonyl (C=O) groups excluding carboxylic acids is 1. The SMILES string of the molecule is CCCCCCCCCCCCCCCCCCCCC[C@@H](O)C(=O)N[C@@H](CO[C@@H]1O[C@H](CO)[C@@H](O)[C@H](O)[C@H]1O)[C@H](O)[C@H](O)CCCCCCCCCCCCC(C)CC. The number of rotatable bonds is 42. The topological polar surface area (TPSA) is 189 Å². The zero-order valence-corrected chi connectivity index (χ0v) is 38.9. The molecule has 0 saturated carbocycles. The summed E-state index contributed by atoms with van der Waals surface area (Å²) in [6.45, 7) is 5.80. The van der Waals surface area contributed by atoms with Gasteiger partial charge in [0.25, 0.3) is 0 Å². The second kappa shape index (κ2) is 38.6. The third-order valence-electron chi connectivity index (χ3n) is 13.0. The molecule has 358 valence electrons. The number of aliphatic hydroxyl groups excluding tert-OH is 7.